The largest absolute Gasteiger partial charge is 0.446 e. The van der Waals surface area contributed by atoms with E-state index in [1.165, 1.54) is 23.5 Å². The van der Waals surface area contributed by atoms with Gasteiger partial charge in [0.25, 0.3) is 10.0 Å². The van der Waals surface area contributed by atoms with Crippen LogP contribution in [-0.2, 0) is 26.1 Å². The smallest absolute Gasteiger partial charge is 0.276 e. The van der Waals surface area contributed by atoms with E-state index >= 15 is 0 Å². The number of methoxy groups -OCH3 is 2. The normalized spacial score (nSPS) is 12.2. The quantitative estimate of drug-likeness (QED) is 0.631. The van der Waals surface area contributed by atoms with Crippen LogP contribution in [0.2, 0.25) is 0 Å². The number of furan rings is 1. The Labute approximate surface area is 119 Å². The summed E-state index contributed by atoms with van der Waals surface area (Å²) in [5.74, 6) is 0.215. The van der Waals surface area contributed by atoms with Crippen molar-refractivity contribution in [3.63, 3.8) is 0 Å². The van der Waals surface area contributed by atoms with Gasteiger partial charge in [-0.2, -0.15) is 4.31 Å². The summed E-state index contributed by atoms with van der Waals surface area (Å²) >= 11 is 0. The van der Waals surface area contributed by atoms with Gasteiger partial charge in [-0.1, -0.05) is 0 Å². The molecule has 0 fully saturated rings. The van der Waals surface area contributed by atoms with Gasteiger partial charge in [0.05, 0.1) is 6.61 Å². The van der Waals surface area contributed by atoms with Crippen molar-refractivity contribution >= 4 is 10.0 Å². The van der Waals surface area contributed by atoms with Gasteiger partial charge in [0.2, 0.25) is 5.09 Å². The van der Waals surface area contributed by atoms with Crippen molar-refractivity contribution in [2.24, 2.45) is 0 Å². The molecule has 1 rings (SSSR count). The molecule has 1 aromatic heterocycles. The first-order valence-electron chi connectivity index (χ1n) is 6.24. The summed E-state index contributed by atoms with van der Waals surface area (Å²) in [7, 11) is -0.649. The highest BCUT2D eigenvalue weighted by atomic mass is 32.2. The van der Waals surface area contributed by atoms with Crippen LogP contribution in [0, 0.1) is 0 Å². The van der Waals surface area contributed by atoms with E-state index in [0.29, 0.717) is 26.2 Å². The third-order valence-corrected chi connectivity index (χ3v) is 4.46. The Morgan fingerprint density at radius 1 is 1.20 bits per heavy atom. The molecule has 1 aromatic rings. The molecular formula is C12H21NO6S. The van der Waals surface area contributed by atoms with E-state index in [2.05, 4.69) is 0 Å². The molecule has 8 heteroatoms. The Kier molecular flexibility index (Phi) is 7.17. The van der Waals surface area contributed by atoms with Gasteiger partial charge in [-0.25, -0.2) is 8.42 Å². The van der Waals surface area contributed by atoms with Gasteiger partial charge >= 0.3 is 0 Å². The summed E-state index contributed by atoms with van der Waals surface area (Å²) < 4.78 is 41.1. The Hall–Kier alpha value is -0.930. The molecule has 0 aliphatic carbocycles. The highest BCUT2D eigenvalue weighted by molar-refractivity contribution is 7.89. The summed E-state index contributed by atoms with van der Waals surface area (Å²) in [6.07, 6.45) is 0.576. The number of nitrogens with zero attached hydrogens (tertiary/aromatic N) is 1. The molecule has 20 heavy (non-hydrogen) atoms. The van der Waals surface area contributed by atoms with E-state index in [4.69, 9.17) is 19.0 Å². The molecule has 0 aromatic carbocycles. The number of hydrogen-bond acceptors (Lipinski definition) is 6. The van der Waals surface area contributed by atoms with Gasteiger partial charge in [-0.05, 0) is 18.6 Å². The van der Waals surface area contributed by atoms with Crippen molar-refractivity contribution in [2.75, 3.05) is 40.5 Å². The van der Waals surface area contributed by atoms with Crippen LogP contribution in [-0.4, -0.2) is 58.4 Å². The SMILES string of the molecule is COCCCN(CCOC)S(=O)(=O)c1ccc(CO)o1. The van der Waals surface area contributed by atoms with Crippen molar-refractivity contribution in [3.05, 3.63) is 17.9 Å². The van der Waals surface area contributed by atoms with E-state index in [1.807, 2.05) is 0 Å². The van der Waals surface area contributed by atoms with E-state index in [0.717, 1.165) is 0 Å². The van der Waals surface area contributed by atoms with Gasteiger partial charge in [0.15, 0.2) is 0 Å². The Bertz CT molecular complexity index is 484. The Balaban J connectivity index is 2.85. The van der Waals surface area contributed by atoms with E-state index in [-0.39, 0.29) is 24.0 Å². The molecule has 0 atom stereocenters. The fraction of sp³-hybridized carbons (Fsp3) is 0.667. The molecule has 116 valence electrons. The van der Waals surface area contributed by atoms with Crippen LogP contribution in [0.25, 0.3) is 0 Å². The molecular weight excluding hydrogens is 286 g/mol. The Morgan fingerprint density at radius 2 is 1.90 bits per heavy atom. The van der Waals surface area contributed by atoms with Crippen molar-refractivity contribution < 1.29 is 27.4 Å². The second-order valence-electron chi connectivity index (χ2n) is 4.12. The number of sulfonamides is 1. The van der Waals surface area contributed by atoms with Gasteiger partial charge in [-0.3, -0.25) is 0 Å². The van der Waals surface area contributed by atoms with Crippen LogP contribution in [0.5, 0.6) is 0 Å². The van der Waals surface area contributed by atoms with Crippen LogP contribution in [0.4, 0.5) is 0 Å². The Morgan fingerprint density at radius 3 is 2.45 bits per heavy atom. The van der Waals surface area contributed by atoms with Crippen molar-refractivity contribution in [3.8, 4) is 0 Å². The van der Waals surface area contributed by atoms with Crippen LogP contribution in [0.1, 0.15) is 12.2 Å². The number of rotatable bonds is 10. The summed E-state index contributed by atoms with van der Waals surface area (Å²) in [5, 5.41) is 8.76. The maximum absolute atomic E-state index is 12.4. The van der Waals surface area contributed by atoms with Crippen LogP contribution < -0.4 is 0 Å². The van der Waals surface area contributed by atoms with Gasteiger partial charge in [0.1, 0.15) is 12.4 Å². The number of aliphatic hydroxyl groups excluding tert-OH is 1. The van der Waals surface area contributed by atoms with E-state index in [1.54, 1.807) is 7.11 Å². The monoisotopic (exact) mass is 307 g/mol. The predicted molar refractivity (Wildman–Crippen MR) is 71.8 cm³/mol. The van der Waals surface area contributed by atoms with Crippen molar-refractivity contribution in [1.29, 1.82) is 0 Å². The van der Waals surface area contributed by atoms with E-state index < -0.39 is 10.0 Å². The lowest BCUT2D eigenvalue weighted by atomic mass is 10.4. The van der Waals surface area contributed by atoms with Crippen LogP contribution >= 0.6 is 0 Å². The fourth-order valence-corrected chi connectivity index (χ4v) is 3.03. The predicted octanol–water partition coefficient (Wildman–Crippen LogP) is 0.445. The molecule has 1 N–H and O–H groups in total. The lowest BCUT2D eigenvalue weighted by Gasteiger charge is -2.20. The maximum atomic E-state index is 12.4. The first-order valence-corrected chi connectivity index (χ1v) is 7.68. The van der Waals surface area contributed by atoms with Crippen LogP contribution in [0.3, 0.4) is 0 Å². The molecule has 0 saturated heterocycles. The molecule has 7 nitrogen and oxygen atoms in total. The highest BCUT2D eigenvalue weighted by Crippen LogP contribution is 2.19. The summed E-state index contributed by atoms with van der Waals surface area (Å²) in [6.45, 7) is 0.975. The molecule has 0 radical (unpaired) electrons. The third kappa shape index (κ3) is 4.57. The minimum atomic E-state index is -3.72. The van der Waals surface area contributed by atoms with Gasteiger partial charge in [-0.15, -0.1) is 0 Å². The molecule has 0 amide bonds. The van der Waals surface area contributed by atoms with Gasteiger partial charge < -0.3 is 19.0 Å². The molecule has 0 bridgehead atoms. The number of aliphatic hydroxyl groups is 1. The highest BCUT2D eigenvalue weighted by Gasteiger charge is 2.27. The molecule has 0 aliphatic heterocycles. The standard InChI is InChI=1S/C12H21NO6S/c1-17-8-3-6-13(7-9-18-2)20(15,16)12-5-4-11(10-14)19-12/h4-5,14H,3,6-10H2,1-2H3. The zero-order chi connectivity index (χ0) is 15.0. The second kappa shape index (κ2) is 8.38. The molecule has 1 heterocycles. The molecule has 0 aliphatic rings. The molecule has 0 spiro atoms. The minimum Gasteiger partial charge on any atom is -0.446 e. The van der Waals surface area contributed by atoms with Gasteiger partial charge in [0, 0.05) is 33.9 Å². The average molecular weight is 307 g/mol. The number of ether oxygens (including phenoxy) is 2. The topological polar surface area (TPSA) is 89.2 Å². The van der Waals surface area contributed by atoms with Crippen molar-refractivity contribution in [1.82, 2.24) is 4.31 Å². The molecule has 0 unspecified atom stereocenters. The zero-order valence-electron chi connectivity index (χ0n) is 11.7. The summed E-state index contributed by atoms with van der Waals surface area (Å²) in [5.41, 5.74) is 0. The maximum Gasteiger partial charge on any atom is 0.276 e. The minimum absolute atomic E-state index is 0.171. The summed E-state index contributed by atoms with van der Waals surface area (Å²) in [6, 6.07) is 2.79. The second-order valence-corrected chi connectivity index (χ2v) is 5.99. The average Bonchev–Trinajstić information content (AvgIpc) is 2.92. The van der Waals surface area contributed by atoms with Crippen molar-refractivity contribution in [2.45, 2.75) is 18.1 Å². The van der Waals surface area contributed by atoms with Crippen LogP contribution in [0.15, 0.2) is 21.6 Å². The zero-order valence-corrected chi connectivity index (χ0v) is 12.6. The fourth-order valence-electron chi connectivity index (χ4n) is 1.64. The summed E-state index contributed by atoms with van der Waals surface area (Å²) in [4.78, 5) is 0. The molecule has 0 saturated carbocycles. The first-order chi connectivity index (χ1) is 9.56. The first kappa shape index (κ1) is 17.1. The van der Waals surface area contributed by atoms with E-state index in [9.17, 15) is 8.42 Å². The third-order valence-electron chi connectivity index (χ3n) is 2.69. The lowest BCUT2D eigenvalue weighted by Crippen LogP contribution is -2.35. The lowest BCUT2D eigenvalue weighted by molar-refractivity contribution is 0.163. The number of hydrogen-bond donors (Lipinski definition) is 1.